The number of aryl methyl sites for hydroxylation is 2. The van der Waals surface area contributed by atoms with Crippen LogP contribution in [0.5, 0.6) is 0 Å². The first kappa shape index (κ1) is 17.5. The number of nitrogens with zero attached hydrogens (tertiary/aromatic N) is 3. The molecule has 0 atom stereocenters. The van der Waals surface area contributed by atoms with Crippen molar-refractivity contribution < 1.29 is 4.92 Å². The standard InChI is InChI=1S/C15H28N4O2/c1-5-18-15(14(19(20)21)13(4)17-18)16-11-9-7-6-8-10-12(2)3/h12,16H,5-11H2,1-4H3. The first-order valence-electron chi connectivity index (χ1n) is 7.93. The minimum atomic E-state index is -0.348. The Morgan fingerprint density at radius 1 is 1.29 bits per heavy atom. The fourth-order valence-corrected chi connectivity index (χ4v) is 2.43. The summed E-state index contributed by atoms with van der Waals surface area (Å²) in [5, 5.41) is 18.5. The Balaban J connectivity index is 2.43. The monoisotopic (exact) mass is 296 g/mol. The van der Waals surface area contributed by atoms with E-state index in [0.717, 1.165) is 25.3 Å². The molecule has 1 aromatic rings. The van der Waals surface area contributed by atoms with Crippen molar-refractivity contribution in [1.29, 1.82) is 0 Å². The van der Waals surface area contributed by atoms with Crippen LogP contribution >= 0.6 is 0 Å². The highest BCUT2D eigenvalue weighted by Crippen LogP contribution is 2.28. The molecule has 0 amide bonds. The first-order valence-corrected chi connectivity index (χ1v) is 7.93. The predicted molar refractivity (Wildman–Crippen MR) is 85.7 cm³/mol. The lowest BCUT2D eigenvalue weighted by Gasteiger charge is -2.08. The zero-order chi connectivity index (χ0) is 15.8. The third kappa shape index (κ3) is 5.36. The van der Waals surface area contributed by atoms with Gasteiger partial charge in [-0.25, -0.2) is 4.68 Å². The number of rotatable bonds is 10. The van der Waals surface area contributed by atoms with Gasteiger partial charge in [-0.2, -0.15) is 5.10 Å². The zero-order valence-corrected chi connectivity index (χ0v) is 13.7. The summed E-state index contributed by atoms with van der Waals surface area (Å²) in [4.78, 5) is 10.8. The van der Waals surface area contributed by atoms with Gasteiger partial charge in [-0.1, -0.05) is 39.5 Å². The maximum atomic E-state index is 11.1. The van der Waals surface area contributed by atoms with E-state index in [-0.39, 0.29) is 10.6 Å². The van der Waals surface area contributed by atoms with E-state index in [1.165, 1.54) is 19.3 Å². The fraction of sp³-hybridized carbons (Fsp3) is 0.800. The first-order chi connectivity index (χ1) is 9.97. The summed E-state index contributed by atoms with van der Waals surface area (Å²) in [5.41, 5.74) is 0.581. The highest BCUT2D eigenvalue weighted by atomic mass is 16.6. The summed E-state index contributed by atoms with van der Waals surface area (Å²) in [7, 11) is 0. The van der Waals surface area contributed by atoms with Gasteiger partial charge in [-0.3, -0.25) is 10.1 Å². The molecule has 6 heteroatoms. The van der Waals surface area contributed by atoms with Crippen molar-refractivity contribution in [1.82, 2.24) is 9.78 Å². The lowest BCUT2D eigenvalue weighted by Crippen LogP contribution is -2.09. The molecule has 0 aliphatic rings. The lowest BCUT2D eigenvalue weighted by atomic mass is 10.0. The number of hydrogen-bond acceptors (Lipinski definition) is 4. The van der Waals surface area contributed by atoms with Gasteiger partial charge in [-0.15, -0.1) is 0 Å². The predicted octanol–water partition coefficient (Wildman–Crippen LogP) is 4.14. The molecule has 1 heterocycles. The summed E-state index contributed by atoms with van der Waals surface area (Å²) in [6, 6.07) is 0. The fourth-order valence-electron chi connectivity index (χ4n) is 2.43. The summed E-state index contributed by atoms with van der Waals surface area (Å²) in [6.07, 6.45) is 5.97. The molecule has 0 aliphatic heterocycles. The Morgan fingerprint density at radius 2 is 1.95 bits per heavy atom. The van der Waals surface area contributed by atoms with E-state index in [1.54, 1.807) is 11.6 Å². The molecular weight excluding hydrogens is 268 g/mol. The molecule has 120 valence electrons. The molecule has 0 fully saturated rings. The van der Waals surface area contributed by atoms with Gasteiger partial charge in [0.05, 0.1) is 4.92 Å². The quantitative estimate of drug-likeness (QED) is 0.400. The molecule has 1 rings (SSSR count). The second-order valence-electron chi connectivity index (χ2n) is 5.88. The topological polar surface area (TPSA) is 73.0 Å². The zero-order valence-electron chi connectivity index (χ0n) is 13.7. The van der Waals surface area contributed by atoms with Crippen molar-refractivity contribution in [2.45, 2.75) is 66.3 Å². The second kappa shape index (κ2) is 8.64. The third-order valence-corrected chi connectivity index (χ3v) is 3.58. The Morgan fingerprint density at radius 3 is 2.52 bits per heavy atom. The molecule has 0 saturated heterocycles. The summed E-state index contributed by atoms with van der Waals surface area (Å²) in [5.74, 6) is 1.31. The van der Waals surface area contributed by atoms with Gasteiger partial charge in [0.15, 0.2) is 0 Å². The molecule has 21 heavy (non-hydrogen) atoms. The van der Waals surface area contributed by atoms with Crippen molar-refractivity contribution in [3.63, 3.8) is 0 Å². The molecule has 0 unspecified atom stereocenters. The molecule has 1 N–H and O–H groups in total. The van der Waals surface area contributed by atoms with Crippen LogP contribution in [0, 0.1) is 23.0 Å². The van der Waals surface area contributed by atoms with Gasteiger partial charge in [0.1, 0.15) is 5.69 Å². The molecule has 0 saturated carbocycles. The van der Waals surface area contributed by atoms with Crippen LogP contribution in [0.2, 0.25) is 0 Å². The van der Waals surface area contributed by atoms with Gasteiger partial charge in [0, 0.05) is 13.1 Å². The van der Waals surface area contributed by atoms with E-state index in [9.17, 15) is 10.1 Å². The van der Waals surface area contributed by atoms with Crippen LogP contribution in [0.15, 0.2) is 0 Å². The number of aromatic nitrogens is 2. The van der Waals surface area contributed by atoms with Crippen molar-refractivity contribution >= 4 is 11.5 Å². The van der Waals surface area contributed by atoms with Crippen LogP contribution in [0.1, 0.15) is 58.6 Å². The number of anilines is 1. The maximum absolute atomic E-state index is 11.1. The maximum Gasteiger partial charge on any atom is 0.333 e. The van der Waals surface area contributed by atoms with Crippen LogP contribution < -0.4 is 5.32 Å². The number of hydrogen-bond donors (Lipinski definition) is 1. The Hall–Kier alpha value is -1.59. The molecule has 0 aliphatic carbocycles. The van der Waals surface area contributed by atoms with Crippen LogP contribution in [-0.2, 0) is 6.54 Å². The molecule has 6 nitrogen and oxygen atoms in total. The SMILES string of the molecule is CCn1nc(C)c([N+](=O)[O-])c1NCCCCCCC(C)C. The largest absolute Gasteiger partial charge is 0.365 e. The molecule has 0 radical (unpaired) electrons. The average Bonchev–Trinajstić information content (AvgIpc) is 2.73. The van der Waals surface area contributed by atoms with Crippen molar-refractivity contribution in [3.8, 4) is 0 Å². The highest BCUT2D eigenvalue weighted by Gasteiger charge is 2.24. The molecule has 0 spiro atoms. The summed E-state index contributed by atoms with van der Waals surface area (Å²) < 4.78 is 1.67. The molecule has 1 aromatic heterocycles. The summed E-state index contributed by atoms with van der Waals surface area (Å²) >= 11 is 0. The Bertz CT molecular complexity index is 455. The van der Waals surface area contributed by atoms with Gasteiger partial charge < -0.3 is 5.32 Å². The van der Waals surface area contributed by atoms with Crippen molar-refractivity contribution in [3.05, 3.63) is 15.8 Å². The normalized spacial score (nSPS) is 11.1. The number of unbranched alkanes of at least 4 members (excludes halogenated alkanes) is 3. The third-order valence-electron chi connectivity index (χ3n) is 3.58. The molecule has 0 aromatic carbocycles. The van der Waals surface area contributed by atoms with E-state index >= 15 is 0 Å². The van der Waals surface area contributed by atoms with E-state index in [1.807, 2.05) is 6.92 Å². The second-order valence-corrected chi connectivity index (χ2v) is 5.88. The number of nitro groups is 1. The van der Waals surface area contributed by atoms with E-state index < -0.39 is 0 Å². The van der Waals surface area contributed by atoms with Crippen molar-refractivity contribution in [2.24, 2.45) is 5.92 Å². The van der Waals surface area contributed by atoms with Crippen LogP contribution in [0.25, 0.3) is 0 Å². The lowest BCUT2D eigenvalue weighted by molar-refractivity contribution is -0.384. The summed E-state index contributed by atoms with van der Waals surface area (Å²) in [6.45, 7) is 9.50. The molecular formula is C15H28N4O2. The van der Waals surface area contributed by atoms with Gasteiger partial charge in [0.2, 0.25) is 5.82 Å². The van der Waals surface area contributed by atoms with Gasteiger partial charge >= 0.3 is 5.69 Å². The van der Waals surface area contributed by atoms with Crippen molar-refractivity contribution in [2.75, 3.05) is 11.9 Å². The van der Waals surface area contributed by atoms with E-state index in [0.29, 0.717) is 18.1 Å². The average molecular weight is 296 g/mol. The molecule has 0 bridgehead atoms. The minimum Gasteiger partial charge on any atom is -0.365 e. The van der Waals surface area contributed by atoms with E-state index in [2.05, 4.69) is 24.3 Å². The van der Waals surface area contributed by atoms with Gasteiger partial charge in [0.25, 0.3) is 0 Å². The van der Waals surface area contributed by atoms with Gasteiger partial charge in [-0.05, 0) is 26.2 Å². The number of nitrogens with one attached hydrogen (secondary N) is 1. The van der Waals surface area contributed by atoms with Crippen LogP contribution in [0.4, 0.5) is 11.5 Å². The van der Waals surface area contributed by atoms with Crippen LogP contribution in [-0.4, -0.2) is 21.2 Å². The Kier molecular flexibility index (Phi) is 7.19. The minimum absolute atomic E-state index is 0.108. The van der Waals surface area contributed by atoms with Crippen LogP contribution in [0.3, 0.4) is 0 Å². The Labute approximate surface area is 127 Å². The van der Waals surface area contributed by atoms with E-state index in [4.69, 9.17) is 0 Å². The smallest absolute Gasteiger partial charge is 0.333 e. The highest BCUT2D eigenvalue weighted by molar-refractivity contribution is 5.59.